The Kier molecular flexibility index (Phi) is 6.15. The first kappa shape index (κ1) is 17.4. The van der Waals surface area contributed by atoms with E-state index in [1.54, 1.807) is 0 Å². The number of carbonyl (C=O) groups is 1. The van der Waals surface area contributed by atoms with Crippen molar-refractivity contribution in [1.29, 1.82) is 0 Å². The summed E-state index contributed by atoms with van der Waals surface area (Å²) in [5.41, 5.74) is 3.02. The normalized spacial score (nSPS) is 41.8. The van der Waals surface area contributed by atoms with Gasteiger partial charge in [0.25, 0.3) is 0 Å². The predicted octanol–water partition coefficient (Wildman–Crippen LogP) is 2.22. The first-order valence-corrected chi connectivity index (χ1v) is 9.21. The third kappa shape index (κ3) is 4.79. The molecule has 0 aromatic heterocycles. The lowest BCUT2D eigenvalue weighted by molar-refractivity contribution is -0.143. The van der Waals surface area contributed by atoms with Gasteiger partial charge in [0.05, 0.1) is 24.8 Å². The van der Waals surface area contributed by atoms with Gasteiger partial charge < -0.3 is 9.84 Å². The first-order valence-electron chi connectivity index (χ1n) is 8.77. The van der Waals surface area contributed by atoms with E-state index in [1.807, 2.05) is 0 Å². The van der Waals surface area contributed by atoms with Gasteiger partial charge in [-0.2, -0.15) is 5.48 Å². The number of hydrogen-bond acceptors (Lipinski definition) is 5. The summed E-state index contributed by atoms with van der Waals surface area (Å²) in [4.78, 5) is 16.7. The Morgan fingerprint density at radius 2 is 2.04 bits per heavy atom. The van der Waals surface area contributed by atoms with E-state index in [0.717, 1.165) is 44.9 Å². The van der Waals surface area contributed by atoms with Crippen LogP contribution in [-0.2, 0) is 14.4 Å². The molecule has 6 nitrogen and oxygen atoms in total. The molecule has 0 amide bonds. The molecule has 1 heterocycles. The third-order valence-corrected chi connectivity index (χ3v) is 5.68. The van der Waals surface area contributed by atoms with Crippen molar-refractivity contribution < 1.29 is 19.5 Å². The number of ether oxygens (including phenoxy) is 1. The van der Waals surface area contributed by atoms with E-state index < -0.39 is 5.97 Å². The second-order valence-corrected chi connectivity index (χ2v) is 7.67. The zero-order chi connectivity index (χ0) is 16.2. The second kappa shape index (κ2) is 8.12. The quantitative estimate of drug-likeness (QED) is 0.662. The second-order valence-electron chi connectivity index (χ2n) is 7.05. The fourth-order valence-electron chi connectivity index (χ4n) is 3.96. The van der Waals surface area contributed by atoms with E-state index in [1.165, 1.54) is 0 Å². The molecule has 0 aromatic rings. The van der Waals surface area contributed by atoms with Gasteiger partial charge in [0.1, 0.15) is 0 Å². The number of hydroxylamine groups is 1. The van der Waals surface area contributed by atoms with Gasteiger partial charge in [-0.25, -0.2) is 0 Å². The van der Waals surface area contributed by atoms with Crippen molar-refractivity contribution in [2.45, 2.75) is 75.2 Å². The average Bonchev–Trinajstić information content (AvgIpc) is 3.02. The zero-order valence-corrected chi connectivity index (χ0v) is 14.1. The van der Waals surface area contributed by atoms with Gasteiger partial charge in [-0.3, -0.25) is 14.9 Å². The molecule has 0 radical (unpaired) electrons. The molecule has 3 aliphatic rings. The minimum Gasteiger partial charge on any atom is -0.481 e. The highest BCUT2D eigenvalue weighted by Gasteiger charge is 2.36. The molecule has 6 atom stereocenters. The number of hydrogen-bond donors (Lipinski definition) is 3. The van der Waals surface area contributed by atoms with Crippen LogP contribution in [-0.4, -0.2) is 41.6 Å². The highest BCUT2D eigenvalue weighted by atomic mass is 35.5. The summed E-state index contributed by atoms with van der Waals surface area (Å²) in [6.07, 6.45) is 7.71. The molecule has 0 bridgehead atoms. The molecule has 2 saturated carbocycles. The molecule has 3 N–H and O–H groups in total. The van der Waals surface area contributed by atoms with E-state index in [4.69, 9.17) is 21.2 Å². The molecule has 0 spiro atoms. The van der Waals surface area contributed by atoms with Crippen LogP contribution in [0.15, 0.2) is 0 Å². The maximum Gasteiger partial charge on any atom is 0.306 e. The molecule has 23 heavy (non-hydrogen) atoms. The minimum absolute atomic E-state index is 0.0119. The highest BCUT2D eigenvalue weighted by Crippen LogP contribution is 2.32. The summed E-state index contributed by atoms with van der Waals surface area (Å²) >= 11 is 6.18. The zero-order valence-electron chi connectivity index (χ0n) is 13.4. The number of carboxylic acid groups (broad SMARTS) is 1. The SMILES string of the molecule is O=C(O)C1CCCC(C2NOC(COC3CCCC(Cl)C3)N2)C1. The lowest BCUT2D eigenvalue weighted by Gasteiger charge is -2.30. The predicted molar refractivity (Wildman–Crippen MR) is 85.9 cm³/mol. The number of alkyl halides is 1. The Morgan fingerprint density at radius 3 is 2.83 bits per heavy atom. The van der Waals surface area contributed by atoms with Gasteiger partial charge in [0.2, 0.25) is 0 Å². The molecule has 0 aromatic carbocycles. The highest BCUT2D eigenvalue weighted by molar-refractivity contribution is 6.20. The van der Waals surface area contributed by atoms with Gasteiger partial charge in [-0.05, 0) is 50.9 Å². The number of rotatable bonds is 5. The molecule has 7 heteroatoms. The lowest BCUT2D eigenvalue weighted by Crippen LogP contribution is -2.44. The largest absolute Gasteiger partial charge is 0.481 e. The Bertz CT molecular complexity index is 412. The Balaban J connectivity index is 1.40. The Hall–Kier alpha value is -0.400. The van der Waals surface area contributed by atoms with Crippen LogP contribution in [0.4, 0.5) is 0 Å². The molecule has 1 aliphatic heterocycles. The van der Waals surface area contributed by atoms with Crippen LogP contribution in [0.5, 0.6) is 0 Å². The fourth-order valence-corrected chi connectivity index (χ4v) is 4.31. The first-order chi connectivity index (χ1) is 11.1. The maximum absolute atomic E-state index is 11.2. The number of halogens is 1. The fraction of sp³-hybridized carbons (Fsp3) is 0.938. The van der Waals surface area contributed by atoms with Crippen molar-refractivity contribution in [3.05, 3.63) is 0 Å². The molecule has 3 rings (SSSR count). The number of carboxylic acids is 1. The smallest absolute Gasteiger partial charge is 0.306 e. The summed E-state index contributed by atoms with van der Waals surface area (Å²) in [6.45, 7) is 0.493. The van der Waals surface area contributed by atoms with E-state index in [-0.39, 0.29) is 35.7 Å². The van der Waals surface area contributed by atoms with Crippen LogP contribution in [0, 0.1) is 11.8 Å². The van der Waals surface area contributed by atoms with Crippen LogP contribution < -0.4 is 10.8 Å². The van der Waals surface area contributed by atoms with Crippen LogP contribution in [0.25, 0.3) is 0 Å². The van der Waals surface area contributed by atoms with Crippen LogP contribution in [0.1, 0.15) is 51.4 Å². The molecule has 3 fully saturated rings. The van der Waals surface area contributed by atoms with Crippen molar-refractivity contribution in [3.8, 4) is 0 Å². The monoisotopic (exact) mass is 346 g/mol. The van der Waals surface area contributed by atoms with Crippen LogP contribution in [0.2, 0.25) is 0 Å². The van der Waals surface area contributed by atoms with E-state index in [2.05, 4.69) is 10.8 Å². The topological polar surface area (TPSA) is 79.8 Å². The van der Waals surface area contributed by atoms with E-state index in [9.17, 15) is 9.90 Å². The van der Waals surface area contributed by atoms with Gasteiger partial charge in [-0.15, -0.1) is 11.6 Å². The van der Waals surface area contributed by atoms with Gasteiger partial charge in [0.15, 0.2) is 6.23 Å². The van der Waals surface area contributed by atoms with Crippen molar-refractivity contribution in [2.75, 3.05) is 6.61 Å². The molecule has 132 valence electrons. The maximum atomic E-state index is 11.2. The molecule has 6 unspecified atom stereocenters. The Labute approximate surface area is 142 Å². The summed E-state index contributed by atoms with van der Waals surface area (Å²) in [7, 11) is 0. The third-order valence-electron chi connectivity index (χ3n) is 5.28. The molecular weight excluding hydrogens is 320 g/mol. The molecule has 2 aliphatic carbocycles. The summed E-state index contributed by atoms with van der Waals surface area (Å²) in [5, 5.41) is 12.8. The van der Waals surface area contributed by atoms with E-state index in [0.29, 0.717) is 13.0 Å². The van der Waals surface area contributed by atoms with Crippen molar-refractivity contribution in [1.82, 2.24) is 10.8 Å². The Morgan fingerprint density at radius 1 is 1.22 bits per heavy atom. The minimum atomic E-state index is -0.679. The van der Waals surface area contributed by atoms with Crippen LogP contribution >= 0.6 is 11.6 Å². The average molecular weight is 347 g/mol. The van der Waals surface area contributed by atoms with Crippen LogP contribution in [0.3, 0.4) is 0 Å². The lowest BCUT2D eigenvalue weighted by atomic mass is 9.80. The van der Waals surface area contributed by atoms with Gasteiger partial charge in [0, 0.05) is 5.38 Å². The summed E-state index contributed by atoms with van der Waals surface area (Å²) < 4.78 is 5.93. The molecular formula is C16H27ClN2O4. The van der Waals surface area contributed by atoms with Gasteiger partial charge in [-0.1, -0.05) is 6.42 Å². The standard InChI is InChI=1S/C16H27ClN2O4/c17-12-5-2-6-13(8-12)22-9-14-18-15(19-23-14)10-3-1-4-11(7-10)16(20)21/h10-15,18-19H,1-9H2,(H,20,21). The van der Waals surface area contributed by atoms with Crippen molar-refractivity contribution >= 4 is 17.6 Å². The summed E-state index contributed by atoms with van der Waals surface area (Å²) in [5.74, 6) is -0.617. The van der Waals surface area contributed by atoms with Crippen molar-refractivity contribution in [3.63, 3.8) is 0 Å². The van der Waals surface area contributed by atoms with Crippen molar-refractivity contribution in [2.24, 2.45) is 11.8 Å². The molecule has 1 saturated heterocycles. The number of aliphatic carboxylic acids is 1. The number of nitrogens with one attached hydrogen (secondary N) is 2. The summed E-state index contributed by atoms with van der Waals surface area (Å²) in [6, 6.07) is 0. The van der Waals surface area contributed by atoms with E-state index >= 15 is 0 Å². The van der Waals surface area contributed by atoms with Gasteiger partial charge >= 0.3 is 5.97 Å².